The Morgan fingerprint density at radius 3 is 2.59 bits per heavy atom. The summed E-state index contributed by atoms with van der Waals surface area (Å²) in [6, 6.07) is 9.77. The molecule has 0 saturated carbocycles. The van der Waals surface area contributed by atoms with Crippen LogP contribution in [-0.4, -0.2) is 17.2 Å². The Labute approximate surface area is 163 Å². The summed E-state index contributed by atoms with van der Waals surface area (Å²) in [6.07, 6.45) is 0.426. The van der Waals surface area contributed by atoms with Crippen LogP contribution in [-0.2, 0) is 16.1 Å². The molecule has 2 unspecified atom stereocenters. The number of hydrogen-bond acceptors (Lipinski definition) is 6. The maximum Gasteiger partial charge on any atom is 0.324 e. The standard InChI is InChI=1S/C20H16F3N3O3/c21-12-3-1-11(2-4-12)17-9-18(25-24-17)20(27)28-10-14-8-19(29-26-14)15-6-5-13(22)7-16(15)23/h1-8,17-18,24-25H,9-10H2. The SMILES string of the molecule is O=C(OCc1cc(-c2ccc(F)cc2F)on1)C1CC(c2ccc(F)cc2)NN1. The summed E-state index contributed by atoms with van der Waals surface area (Å²) in [4.78, 5) is 12.3. The lowest BCUT2D eigenvalue weighted by Gasteiger charge is -2.09. The fourth-order valence-corrected chi connectivity index (χ4v) is 3.07. The molecule has 6 nitrogen and oxygen atoms in total. The van der Waals surface area contributed by atoms with E-state index in [4.69, 9.17) is 9.26 Å². The van der Waals surface area contributed by atoms with Crippen LogP contribution in [0.15, 0.2) is 53.1 Å². The Morgan fingerprint density at radius 2 is 1.83 bits per heavy atom. The van der Waals surface area contributed by atoms with Gasteiger partial charge in [-0.25, -0.2) is 24.0 Å². The van der Waals surface area contributed by atoms with E-state index in [-0.39, 0.29) is 35.5 Å². The van der Waals surface area contributed by atoms with E-state index in [9.17, 15) is 18.0 Å². The number of hydrazine groups is 1. The maximum absolute atomic E-state index is 13.8. The van der Waals surface area contributed by atoms with E-state index in [0.717, 1.165) is 17.7 Å². The molecule has 1 saturated heterocycles. The second-order valence-corrected chi connectivity index (χ2v) is 6.60. The smallest absolute Gasteiger partial charge is 0.324 e. The molecule has 29 heavy (non-hydrogen) atoms. The molecule has 0 radical (unpaired) electrons. The van der Waals surface area contributed by atoms with E-state index in [1.54, 1.807) is 12.1 Å². The van der Waals surface area contributed by atoms with Crippen molar-refractivity contribution in [1.82, 2.24) is 16.0 Å². The van der Waals surface area contributed by atoms with Crippen molar-refractivity contribution in [3.05, 3.63) is 77.2 Å². The van der Waals surface area contributed by atoms with Crippen LogP contribution in [0.2, 0.25) is 0 Å². The van der Waals surface area contributed by atoms with Crippen molar-refractivity contribution in [2.45, 2.75) is 25.1 Å². The van der Waals surface area contributed by atoms with Gasteiger partial charge < -0.3 is 9.26 Å². The molecule has 1 fully saturated rings. The van der Waals surface area contributed by atoms with Crippen molar-refractivity contribution in [3.8, 4) is 11.3 Å². The predicted octanol–water partition coefficient (Wildman–Crippen LogP) is 3.41. The van der Waals surface area contributed by atoms with Crippen LogP contribution < -0.4 is 10.9 Å². The number of ether oxygens (including phenoxy) is 1. The highest BCUT2D eigenvalue weighted by Crippen LogP contribution is 2.25. The third-order valence-electron chi connectivity index (χ3n) is 4.58. The molecule has 9 heteroatoms. The number of halogens is 3. The molecule has 0 amide bonds. The van der Waals surface area contributed by atoms with Crippen LogP contribution in [0, 0.1) is 17.5 Å². The minimum atomic E-state index is -0.780. The van der Waals surface area contributed by atoms with Gasteiger partial charge in [0.05, 0.1) is 5.56 Å². The van der Waals surface area contributed by atoms with Crippen molar-refractivity contribution < 1.29 is 27.2 Å². The first-order chi connectivity index (χ1) is 14.0. The second-order valence-electron chi connectivity index (χ2n) is 6.60. The van der Waals surface area contributed by atoms with Crippen molar-refractivity contribution >= 4 is 5.97 Å². The molecule has 1 aliphatic heterocycles. The third kappa shape index (κ3) is 4.30. The van der Waals surface area contributed by atoms with Gasteiger partial charge in [0.25, 0.3) is 0 Å². The minimum absolute atomic E-state index is 0.0558. The van der Waals surface area contributed by atoms with Crippen LogP contribution in [0.3, 0.4) is 0 Å². The lowest BCUT2D eigenvalue weighted by molar-refractivity contribution is -0.147. The van der Waals surface area contributed by atoms with Crippen molar-refractivity contribution in [1.29, 1.82) is 0 Å². The first kappa shape index (κ1) is 19.2. The van der Waals surface area contributed by atoms with Crippen LogP contribution in [0.5, 0.6) is 0 Å². The van der Waals surface area contributed by atoms with E-state index in [0.29, 0.717) is 6.42 Å². The van der Waals surface area contributed by atoms with Crippen LogP contribution in [0.1, 0.15) is 23.7 Å². The lowest BCUT2D eigenvalue weighted by atomic mass is 10.0. The molecular formula is C20H16F3N3O3. The maximum atomic E-state index is 13.8. The van der Waals surface area contributed by atoms with Gasteiger partial charge in [0.15, 0.2) is 5.76 Å². The highest BCUT2D eigenvalue weighted by Gasteiger charge is 2.31. The number of nitrogens with one attached hydrogen (secondary N) is 2. The highest BCUT2D eigenvalue weighted by atomic mass is 19.1. The van der Waals surface area contributed by atoms with Crippen LogP contribution >= 0.6 is 0 Å². The van der Waals surface area contributed by atoms with Gasteiger partial charge in [-0.3, -0.25) is 4.79 Å². The van der Waals surface area contributed by atoms with Crippen molar-refractivity contribution in [2.75, 3.05) is 0 Å². The van der Waals surface area contributed by atoms with Gasteiger partial charge in [0.2, 0.25) is 0 Å². The monoisotopic (exact) mass is 403 g/mol. The van der Waals surface area contributed by atoms with E-state index < -0.39 is 23.6 Å². The summed E-state index contributed by atoms with van der Waals surface area (Å²) >= 11 is 0. The molecule has 1 aromatic heterocycles. The number of nitrogens with zero attached hydrogens (tertiary/aromatic N) is 1. The summed E-state index contributed by atoms with van der Waals surface area (Å²) in [7, 11) is 0. The Morgan fingerprint density at radius 1 is 1.07 bits per heavy atom. The zero-order valence-corrected chi connectivity index (χ0v) is 15.0. The fraction of sp³-hybridized carbons (Fsp3) is 0.200. The normalized spacial score (nSPS) is 18.7. The Hall–Kier alpha value is -3.17. The highest BCUT2D eigenvalue weighted by molar-refractivity contribution is 5.76. The molecule has 2 atom stereocenters. The molecule has 1 aliphatic rings. The van der Waals surface area contributed by atoms with E-state index in [1.807, 2.05) is 0 Å². The van der Waals surface area contributed by atoms with Crippen LogP contribution in [0.25, 0.3) is 11.3 Å². The first-order valence-corrected chi connectivity index (χ1v) is 8.84. The summed E-state index contributed by atoms with van der Waals surface area (Å²) in [6.45, 7) is -0.162. The number of rotatable bonds is 5. The molecule has 3 aromatic rings. The molecular weight excluding hydrogens is 387 g/mol. The molecule has 0 aliphatic carbocycles. The zero-order chi connectivity index (χ0) is 20.4. The molecule has 4 rings (SSSR count). The quantitative estimate of drug-likeness (QED) is 0.636. The first-order valence-electron chi connectivity index (χ1n) is 8.84. The van der Waals surface area contributed by atoms with Gasteiger partial charge in [-0.05, 0) is 36.2 Å². The van der Waals surface area contributed by atoms with E-state index in [1.165, 1.54) is 24.3 Å². The molecule has 0 spiro atoms. The number of hydrogen-bond donors (Lipinski definition) is 2. The van der Waals surface area contributed by atoms with Gasteiger partial charge in [0.1, 0.15) is 35.8 Å². The Bertz CT molecular complexity index is 1020. The van der Waals surface area contributed by atoms with Gasteiger partial charge in [-0.2, -0.15) is 0 Å². The number of carbonyl (C=O) groups is 1. The zero-order valence-electron chi connectivity index (χ0n) is 15.0. The number of esters is 1. The average molecular weight is 403 g/mol. The van der Waals surface area contributed by atoms with Crippen molar-refractivity contribution in [2.24, 2.45) is 0 Å². The van der Waals surface area contributed by atoms with Gasteiger partial charge in [-0.15, -0.1) is 0 Å². The summed E-state index contributed by atoms with van der Waals surface area (Å²) in [5, 5.41) is 3.74. The third-order valence-corrected chi connectivity index (χ3v) is 4.58. The van der Waals surface area contributed by atoms with E-state index >= 15 is 0 Å². The Kier molecular flexibility index (Phi) is 5.32. The predicted molar refractivity (Wildman–Crippen MR) is 95.5 cm³/mol. The molecule has 150 valence electrons. The summed E-state index contributed by atoms with van der Waals surface area (Å²) < 4.78 is 50.1. The molecule has 2 aromatic carbocycles. The van der Waals surface area contributed by atoms with Gasteiger partial charge in [0, 0.05) is 18.2 Å². The minimum Gasteiger partial charge on any atom is -0.458 e. The molecule has 0 bridgehead atoms. The fourth-order valence-electron chi connectivity index (χ4n) is 3.07. The largest absolute Gasteiger partial charge is 0.458 e. The Balaban J connectivity index is 1.33. The van der Waals surface area contributed by atoms with Gasteiger partial charge in [-0.1, -0.05) is 17.3 Å². The second kappa shape index (κ2) is 8.06. The number of carbonyl (C=O) groups excluding carboxylic acids is 1. The van der Waals surface area contributed by atoms with Crippen molar-refractivity contribution in [3.63, 3.8) is 0 Å². The summed E-state index contributed by atoms with van der Waals surface area (Å²) in [5.41, 5.74) is 7.02. The van der Waals surface area contributed by atoms with E-state index in [2.05, 4.69) is 16.0 Å². The molecule has 2 heterocycles. The topological polar surface area (TPSA) is 76.4 Å². The van der Waals surface area contributed by atoms with Gasteiger partial charge >= 0.3 is 5.97 Å². The lowest BCUT2D eigenvalue weighted by Crippen LogP contribution is -2.37. The molecule has 2 N–H and O–H groups in total. The number of aromatic nitrogens is 1. The van der Waals surface area contributed by atoms with Crippen LogP contribution in [0.4, 0.5) is 13.2 Å². The average Bonchev–Trinajstić information content (AvgIpc) is 3.37. The number of benzene rings is 2. The summed E-state index contributed by atoms with van der Waals surface area (Å²) in [5.74, 6) is -2.21.